The third-order valence-corrected chi connectivity index (χ3v) is 1.84. The normalized spacial score (nSPS) is 12.9. The molecule has 0 saturated heterocycles. The van der Waals surface area contributed by atoms with Crippen molar-refractivity contribution in [3.8, 4) is 0 Å². The zero-order chi connectivity index (χ0) is 9.14. The highest BCUT2D eigenvalue weighted by atomic mass is 35.5. The van der Waals surface area contributed by atoms with Gasteiger partial charge in [-0.05, 0) is 6.42 Å². The first-order valence-electron chi connectivity index (χ1n) is 3.54. The van der Waals surface area contributed by atoms with Crippen LogP contribution >= 0.6 is 11.6 Å². The average Bonchev–Trinajstić information content (AvgIpc) is 2.08. The van der Waals surface area contributed by atoms with Crippen LogP contribution in [-0.2, 0) is 0 Å². The summed E-state index contributed by atoms with van der Waals surface area (Å²) < 4.78 is 13.0. The fraction of sp³-hybridized carbons (Fsp3) is 0.429. The smallest absolute Gasteiger partial charge is 0.269 e. The Morgan fingerprint density at radius 2 is 2.50 bits per heavy atom. The molecule has 0 aliphatic rings. The zero-order valence-corrected chi connectivity index (χ0v) is 7.23. The van der Waals surface area contributed by atoms with Crippen LogP contribution in [0.5, 0.6) is 0 Å². The molecule has 5 heteroatoms. The van der Waals surface area contributed by atoms with Gasteiger partial charge in [-0.25, -0.2) is 9.37 Å². The molecule has 1 aromatic heterocycles. The van der Waals surface area contributed by atoms with E-state index in [2.05, 4.69) is 9.97 Å². The summed E-state index contributed by atoms with van der Waals surface area (Å²) >= 11 is 5.52. The van der Waals surface area contributed by atoms with Crippen LogP contribution in [0.3, 0.4) is 0 Å². The van der Waals surface area contributed by atoms with Crippen molar-refractivity contribution in [3.05, 3.63) is 27.4 Å². The Kier molecular flexibility index (Phi) is 2.81. The quantitative estimate of drug-likeness (QED) is 0.774. The minimum absolute atomic E-state index is 0.0166. The maximum atomic E-state index is 13.0. The van der Waals surface area contributed by atoms with Crippen LogP contribution in [-0.4, -0.2) is 9.97 Å². The number of aromatic nitrogens is 2. The lowest BCUT2D eigenvalue weighted by atomic mass is 10.2. The Balaban J connectivity index is 3.16. The van der Waals surface area contributed by atoms with Gasteiger partial charge in [0.15, 0.2) is 0 Å². The Labute approximate surface area is 73.6 Å². The maximum absolute atomic E-state index is 13.0. The van der Waals surface area contributed by atoms with Crippen molar-refractivity contribution >= 4 is 11.6 Å². The molecule has 0 radical (unpaired) electrons. The van der Waals surface area contributed by atoms with Crippen LogP contribution < -0.4 is 5.56 Å². The molecule has 12 heavy (non-hydrogen) atoms. The summed E-state index contributed by atoms with van der Waals surface area (Å²) in [5.41, 5.74) is -0.485. The lowest BCUT2D eigenvalue weighted by Gasteiger charge is -2.04. The number of rotatable bonds is 2. The number of H-pyrrole nitrogens is 1. The van der Waals surface area contributed by atoms with E-state index in [1.807, 2.05) is 0 Å². The second kappa shape index (κ2) is 3.67. The largest absolute Gasteiger partial charge is 0.312 e. The van der Waals surface area contributed by atoms with Gasteiger partial charge in [0, 0.05) is 0 Å². The van der Waals surface area contributed by atoms with Crippen LogP contribution in [0.4, 0.5) is 4.39 Å². The van der Waals surface area contributed by atoms with Gasteiger partial charge >= 0.3 is 0 Å². The summed E-state index contributed by atoms with van der Waals surface area (Å²) in [6.45, 7) is 1.66. The number of halogens is 2. The summed E-state index contributed by atoms with van der Waals surface area (Å²) in [4.78, 5) is 16.8. The van der Waals surface area contributed by atoms with Crippen LogP contribution in [0.25, 0.3) is 0 Å². The second-order valence-electron chi connectivity index (χ2n) is 2.31. The predicted octanol–water partition coefficient (Wildman–Crippen LogP) is 1.84. The molecule has 66 valence electrons. The van der Waals surface area contributed by atoms with E-state index in [-0.39, 0.29) is 17.1 Å². The summed E-state index contributed by atoms with van der Waals surface area (Å²) in [6, 6.07) is 0. The molecule has 1 N–H and O–H groups in total. The molecule has 0 aliphatic carbocycles. The molecule has 1 heterocycles. The molecule has 0 amide bonds. The number of nitrogens with one attached hydrogen (secondary N) is 1. The Bertz CT molecular complexity index is 325. The van der Waals surface area contributed by atoms with E-state index in [4.69, 9.17) is 11.6 Å². The molecule has 0 spiro atoms. The average molecular weight is 191 g/mol. The van der Waals surface area contributed by atoms with Gasteiger partial charge < -0.3 is 4.98 Å². The standard InChI is InChI=1S/C7H8ClFN2O/c1-2-4(9)6-5(8)7(12)11-3-10-6/h3-4H,2H2,1H3,(H,10,11,12). The molecule has 0 fully saturated rings. The van der Waals surface area contributed by atoms with Gasteiger partial charge in [0.2, 0.25) is 0 Å². The van der Waals surface area contributed by atoms with Crippen molar-refractivity contribution in [1.29, 1.82) is 0 Å². The summed E-state index contributed by atoms with van der Waals surface area (Å²) in [6.07, 6.45) is 0.141. The van der Waals surface area contributed by atoms with E-state index in [9.17, 15) is 9.18 Å². The fourth-order valence-electron chi connectivity index (χ4n) is 0.809. The molecule has 1 unspecified atom stereocenters. The molecule has 0 aliphatic heterocycles. The number of hydrogen-bond acceptors (Lipinski definition) is 2. The molecule has 1 atom stereocenters. The van der Waals surface area contributed by atoms with Crippen LogP contribution in [0.2, 0.25) is 5.02 Å². The highest BCUT2D eigenvalue weighted by molar-refractivity contribution is 6.31. The maximum Gasteiger partial charge on any atom is 0.269 e. The third kappa shape index (κ3) is 1.64. The van der Waals surface area contributed by atoms with Crippen molar-refractivity contribution in [2.45, 2.75) is 19.5 Å². The summed E-state index contributed by atoms with van der Waals surface area (Å²) in [5.74, 6) is 0. The second-order valence-corrected chi connectivity index (χ2v) is 2.68. The highest BCUT2D eigenvalue weighted by Crippen LogP contribution is 2.22. The van der Waals surface area contributed by atoms with Gasteiger partial charge in [0.25, 0.3) is 5.56 Å². The van der Waals surface area contributed by atoms with Gasteiger partial charge in [-0.1, -0.05) is 18.5 Å². The zero-order valence-electron chi connectivity index (χ0n) is 6.47. The third-order valence-electron chi connectivity index (χ3n) is 1.48. The Hall–Kier alpha value is -0.900. The topological polar surface area (TPSA) is 45.8 Å². The van der Waals surface area contributed by atoms with Crippen molar-refractivity contribution in [3.63, 3.8) is 0 Å². The van der Waals surface area contributed by atoms with Gasteiger partial charge in [0.1, 0.15) is 16.9 Å². The fourth-order valence-corrected chi connectivity index (χ4v) is 1.03. The van der Waals surface area contributed by atoms with E-state index in [0.717, 1.165) is 6.33 Å². The van der Waals surface area contributed by atoms with Crippen LogP contribution in [0.15, 0.2) is 11.1 Å². The first-order chi connectivity index (χ1) is 5.66. The molecular weight excluding hydrogens is 183 g/mol. The Morgan fingerprint density at radius 3 is 3.08 bits per heavy atom. The molecule has 1 rings (SSSR count). The van der Waals surface area contributed by atoms with Gasteiger partial charge in [-0.3, -0.25) is 4.79 Å². The first-order valence-corrected chi connectivity index (χ1v) is 3.91. The van der Waals surface area contributed by atoms with Crippen molar-refractivity contribution < 1.29 is 4.39 Å². The summed E-state index contributed by atoms with van der Waals surface area (Å²) in [7, 11) is 0. The predicted molar refractivity (Wildman–Crippen MR) is 44.0 cm³/mol. The monoisotopic (exact) mass is 190 g/mol. The minimum atomic E-state index is -1.26. The summed E-state index contributed by atoms with van der Waals surface area (Å²) in [5, 5.41) is -0.160. The number of hydrogen-bond donors (Lipinski definition) is 1. The number of nitrogens with zero attached hydrogens (tertiary/aromatic N) is 1. The van der Waals surface area contributed by atoms with Crippen LogP contribution in [0.1, 0.15) is 25.2 Å². The van der Waals surface area contributed by atoms with Gasteiger partial charge in [-0.2, -0.15) is 0 Å². The first kappa shape index (κ1) is 9.19. The molecule has 0 saturated carbocycles. The van der Waals surface area contributed by atoms with Crippen molar-refractivity contribution in [2.75, 3.05) is 0 Å². The lowest BCUT2D eigenvalue weighted by molar-refractivity contribution is 0.326. The number of alkyl halides is 1. The molecule has 3 nitrogen and oxygen atoms in total. The van der Waals surface area contributed by atoms with E-state index in [0.29, 0.717) is 0 Å². The van der Waals surface area contributed by atoms with E-state index in [1.54, 1.807) is 6.92 Å². The minimum Gasteiger partial charge on any atom is -0.312 e. The van der Waals surface area contributed by atoms with E-state index < -0.39 is 11.7 Å². The van der Waals surface area contributed by atoms with Gasteiger partial charge in [-0.15, -0.1) is 0 Å². The molecule has 0 bridgehead atoms. The van der Waals surface area contributed by atoms with Crippen LogP contribution in [0, 0.1) is 0 Å². The SMILES string of the molecule is CCC(F)c1nc[nH]c(=O)c1Cl. The number of aromatic amines is 1. The molecule has 0 aromatic carbocycles. The molecular formula is C7H8ClFN2O. The lowest BCUT2D eigenvalue weighted by Crippen LogP contribution is -2.11. The molecule has 1 aromatic rings. The van der Waals surface area contributed by atoms with E-state index >= 15 is 0 Å². The van der Waals surface area contributed by atoms with E-state index in [1.165, 1.54) is 0 Å². The van der Waals surface area contributed by atoms with Crippen molar-refractivity contribution in [2.24, 2.45) is 0 Å². The Morgan fingerprint density at radius 1 is 1.83 bits per heavy atom. The van der Waals surface area contributed by atoms with Gasteiger partial charge in [0.05, 0.1) is 6.33 Å². The highest BCUT2D eigenvalue weighted by Gasteiger charge is 2.14. The van der Waals surface area contributed by atoms with Crippen molar-refractivity contribution in [1.82, 2.24) is 9.97 Å².